The summed E-state index contributed by atoms with van der Waals surface area (Å²) in [5.74, 6) is 1.05. The third-order valence-electron chi connectivity index (χ3n) is 8.47. The molecular formula is C41H60N2O7. The topological polar surface area (TPSA) is 109 Å². The predicted molar refractivity (Wildman–Crippen MR) is 198 cm³/mol. The van der Waals surface area contributed by atoms with Gasteiger partial charge in [-0.25, -0.2) is 14.6 Å². The van der Waals surface area contributed by atoms with Crippen molar-refractivity contribution in [2.24, 2.45) is 0 Å². The molecule has 9 nitrogen and oxygen atoms in total. The average Bonchev–Trinajstić information content (AvgIpc) is 3.67. The number of hydrogen-bond acceptors (Lipinski definition) is 8. The Morgan fingerprint density at radius 2 is 0.980 bits per heavy atom. The molecule has 0 amide bonds. The standard InChI is InChI=1S/C41H60N2O7/c1-4-7-10-13-16-19-26-46-37-29-33(40(44)49-34-22-24-35(25-23-34)50-41(45)36-31-42-32-43-36)30-38(47-27-20-17-14-11-8-5-2)39(37)48-28-21-18-15-12-9-6-3/h22-25,29-32H,4-21,26-28H2,1-3H3,(H,42,43). The van der Waals surface area contributed by atoms with Crippen molar-refractivity contribution in [2.75, 3.05) is 19.8 Å². The van der Waals surface area contributed by atoms with E-state index in [9.17, 15) is 9.59 Å². The lowest BCUT2D eigenvalue weighted by atomic mass is 10.1. The Morgan fingerprint density at radius 1 is 0.560 bits per heavy atom. The fraction of sp³-hybridized carbons (Fsp3) is 0.585. The molecule has 0 unspecified atom stereocenters. The first-order chi connectivity index (χ1) is 24.5. The smallest absolute Gasteiger partial charge is 0.361 e. The van der Waals surface area contributed by atoms with Crippen LogP contribution < -0.4 is 23.7 Å². The largest absolute Gasteiger partial charge is 0.490 e. The van der Waals surface area contributed by atoms with E-state index in [4.69, 9.17) is 23.7 Å². The second-order valence-electron chi connectivity index (χ2n) is 12.9. The van der Waals surface area contributed by atoms with Crippen LogP contribution >= 0.6 is 0 Å². The number of carbonyl (C=O) groups excluding carboxylic acids is 2. The zero-order valence-electron chi connectivity index (χ0n) is 30.8. The Morgan fingerprint density at radius 3 is 1.42 bits per heavy atom. The lowest BCUT2D eigenvalue weighted by Crippen LogP contribution is -2.12. The van der Waals surface area contributed by atoms with Crippen LogP contribution in [0.2, 0.25) is 0 Å². The van der Waals surface area contributed by atoms with Gasteiger partial charge in [0.2, 0.25) is 5.75 Å². The monoisotopic (exact) mass is 692 g/mol. The number of carbonyl (C=O) groups is 2. The summed E-state index contributed by atoms with van der Waals surface area (Å²) in [7, 11) is 0. The molecule has 0 saturated carbocycles. The fourth-order valence-corrected chi connectivity index (χ4v) is 5.51. The molecule has 50 heavy (non-hydrogen) atoms. The summed E-state index contributed by atoms with van der Waals surface area (Å²) in [5.41, 5.74) is 0.548. The van der Waals surface area contributed by atoms with Gasteiger partial charge in [-0.15, -0.1) is 0 Å². The number of rotatable bonds is 28. The van der Waals surface area contributed by atoms with Crippen LogP contribution in [0.1, 0.15) is 157 Å². The van der Waals surface area contributed by atoms with Crippen LogP contribution in [0.3, 0.4) is 0 Å². The first-order valence-electron chi connectivity index (χ1n) is 19.1. The van der Waals surface area contributed by atoms with Gasteiger partial charge < -0.3 is 28.7 Å². The molecule has 9 heteroatoms. The molecule has 0 aliphatic heterocycles. The third kappa shape index (κ3) is 15.7. The van der Waals surface area contributed by atoms with Crippen molar-refractivity contribution in [2.45, 2.75) is 136 Å². The van der Waals surface area contributed by atoms with Crippen LogP contribution in [-0.2, 0) is 0 Å². The number of nitrogens with zero attached hydrogens (tertiary/aromatic N) is 1. The Bertz CT molecular complexity index is 1300. The van der Waals surface area contributed by atoms with Gasteiger partial charge in [-0.3, -0.25) is 0 Å². The van der Waals surface area contributed by atoms with Crippen LogP contribution in [0.5, 0.6) is 28.7 Å². The third-order valence-corrected chi connectivity index (χ3v) is 8.47. The normalized spacial score (nSPS) is 10.9. The van der Waals surface area contributed by atoms with Crippen molar-refractivity contribution in [3.8, 4) is 28.7 Å². The summed E-state index contributed by atoms with van der Waals surface area (Å²) < 4.78 is 30.1. The van der Waals surface area contributed by atoms with Gasteiger partial charge in [0.25, 0.3) is 0 Å². The molecule has 0 radical (unpaired) electrons. The minimum Gasteiger partial charge on any atom is -0.490 e. The van der Waals surface area contributed by atoms with Crippen molar-refractivity contribution >= 4 is 11.9 Å². The Hall–Kier alpha value is -4.01. The molecule has 1 N–H and O–H groups in total. The number of hydrogen-bond donors (Lipinski definition) is 1. The van der Waals surface area contributed by atoms with Crippen molar-refractivity contribution in [1.29, 1.82) is 0 Å². The maximum absolute atomic E-state index is 13.5. The summed E-state index contributed by atoms with van der Waals surface area (Å²) in [6.45, 7) is 8.25. The Labute approximate surface area is 299 Å². The molecule has 3 rings (SSSR count). The van der Waals surface area contributed by atoms with Gasteiger partial charge in [0.1, 0.15) is 17.2 Å². The first kappa shape index (κ1) is 40.4. The van der Waals surface area contributed by atoms with Gasteiger partial charge in [-0.2, -0.15) is 0 Å². The zero-order valence-corrected chi connectivity index (χ0v) is 30.8. The van der Waals surface area contributed by atoms with Crippen molar-refractivity contribution in [3.63, 3.8) is 0 Å². The molecule has 1 aromatic heterocycles. The minimum atomic E-state index is -0.562. The van der Waals surface area contributed by atoms with Crippen LogP contribution in [0.15, 0.2) is 48.9 Å². The molecule has 0 bridgehead atoms. The van der Waals surface area contributed by atoms with Gasteiger partial charge >= 0.3 is 11.9 Å². The second-order valence-corrected chi connectivity index (χ2v) is 12.9. The lowest BCUT2D eigenvalue weighted by Gasteiger charge is -2.19. The number of imidazole rings is 1. The number of nitrogens with one attached hydrogen (secondary N) is 1. The van der Waals surface area contributed by atoms with Crippen LogP contribution in [0, 0.1) is 0 Å². The van der Waals surface area contributed by atoms with E-state index in [1.54, 1.807) is 36.4 Å². The van der Waals surface area contributed by atoms with Gasteiger partial charge in [0.15, 0.2) is 11.5 Å². The summed E-state index contributed by atoms with van der Waals surface area (Å²) in [5, 5.41) is 0. The van der Waals surface area contributed by atoms with Crippen LogP contribution in [-0.4, -0.2) is 41.7 Å². The van der Waals surface area contributed by atoms with E-state index in [1.807, 2.05) is 0 Å². The number of unbranched alkanes of at least 4 members (excludes halogenated alkanes) is 15. The number of aromatic nitrogens is 2. The number of H-pyrrole nitrogens is 1. The molecule has 0 saturated heterocycles. The molecular weight excluding hydrogens is 632 g/mol. The van der Waals surface area contributed by atoms with E-state index >= 15 is 0 Å². The lowest BCUT2D eigenvalue weighted by molar-refractivity contribution is 0.0716. The molecule has 276 valence electrons. The number of esters is 2. The minimum absolute atomic E-state index is 0.240. The number of benzene rings is 2. The van der Waals surface area contributed by atoms with Gasteiger partial charge in [-0.1, -0.05) is 117 Å². The summed E-state index contributed by atoms with van der Waals surface area (Å²) >= 11 is 0. The Kier molecular flexibility index (Phi) is 20.2. The molecule has 2 aromatic carbocycles. The van der Waals surface area contributed by atoms with E-state index in [0.29, 0.717) is 54.1 Å². The van der Waals surface area contributed by atoms with Crippen LogP contribution in [0.25, 0.3) is 0 Å². The van der Waals surface area contributed by atoms with Crippen molar-refractivity contribution < 1.29 is 33.3 Å². The van der Waals surface area contributed by atoms with Gasteiger partial charge in [-0.05, 0) is 55.7 Å². The highest BCUT2D eigenvalue weighted by Gasteiger charge is 2.21. The van der Waals surface area contributed by atoms with E-state index in [0.717, 1.165) is 38.5 Å². The molecule has 0 aliphatic carbocycles. The highest BCUT2D eigenvalue weighted by Crippen LogP contribution is 2.40. The molecule has 0 fully saturated rings. The zero-order chi connectivity index (χ0) is 35.7. The SMILES string of the molecule is CCCCCCCCOc1cc(C(=O)Oc2ccc(OC(=O)c3cnc[nH]3)cc2)cc(OCCCCCCCC)c1OCCCCCCCC. The summed E-state index contributed by atoms with van der Waals surface area (Å²) in [6.07, 6.45) is 23.5. The second kappa shape index (κ2) is 25.0. The molecule has 0 aliphatic rings. The number of ether oxygens (including phenoxy) is 5. The van der Waals surface area contributed by atoms with Gasteiger partial charge in [0, 0.05) is 0 Å². The van der Waals surface area contributed by atoms with Crippen molar-refractivity contribution in [3.05, 3.63) is 60.2 Å². The molecule has 0 atom stereocenters. The molecule has 0 spiro atoms. The quantitative estimate of drug-likeness (QED) is 0.0455. The number of aromatic amines is 1. The maximum atomic E-state index is 13.5. The molecule has 1 heterocycles. The molecule has 3 aromatic rings. The highest BCUT2D eigenvalue weighted by molar-refractivity contribution is 5.93. The predicted octanol–water partition coefficient (Wildman–Crippen LogP) is 11.1. The fourth-order valence-electron chi connectivity index (χ4n) is 5.51. The van der Waals surface area contributed by atoms with E-state index in [-0.39, 0.29) is 5.69 Å². The van der Waals surface area contributed by atoms with Gasteiger partial charge in [0.05, 0.1) is 37.9 Å². The van der Waals surface area contributed by atoms with Crippen LogP contribution in [0.4, 0.5) is 0 Å². The first-order valence-corrected chi connectivity index (χ1v) is 19.1. The van der Waals surface area contributed by atoms with E-state index in [2.05, 4.69) is 30.7 Å². The maximum Gasteiger partial charge on any atom is 0.361 e. The summed E-state index contributed by atoms with van der Waals surface area (Å²) in [6, 6.07) is 9.71. The van der Waals surface area contributed by atoms with E-state index in [1.165, 1.54) is 89.6 Å². The summed E-state index contributed by atoms with van der Waals surface area (Å²) in [4.78, 5) is 32.3. The Balaban J connectivity index is 1.75. The van der Waals surface area contributed by atoms with Crippen molar-refractivity contribution in [1.82, 2.24) is 9.97 Å². The highest BCUT2D eigenvalue weighted by atomic mass is 16.6. The average molecular weight is 693 g/mol. The van der Waals surface area contributed by atoms with E-state index < -0.39 is 11.9 Å².